The van der Waals surface area contributed by atoms with Crippen LogP contribution in [0.4, 0.5) is 5.69 Å². The Kier molecular flexibility index (Phi) is 5.98. The van der Waals surface area contributed by atoms with Crippen LogP contribution in [0.15, 0.2) is 16.6 Å². The zero-order valence-corrected chi connectivity index (χ0v) is 13.6. The highest BCUT2D eigenvalue weighted by Crippen LogP contribution is 2.26. The lowest BCUT2D eigenvalue weighted by Gasteiger charge is -2.21. The molecular weight excluding hydrogens is 324 g/mol. The Hall–Kier alpha value is -1.11. The smallest absolute Gasteiger partial charge is 0.338 e. The monoisotopic (exact) mass is 344 g/mol. The van der Waals surface area contributed by atoms with Gasteiger partial charge in [0, 0.05) is 16.6 Å². The lowest BCUT2D eigenvalue weighted by Crippen LogP contribution is -2.35. The van der Waals surface area contributed by atoms with Crippen molar-refractivity contribution < 1.29 is 14.6 Å². The Labute approximate surface area is 127 Å². The van der Waals surface area contributed by atoms with Gasteiger partial charge in [-0.2, -0.15) is 0 Å². The van der Waals surface area contributed by atoms with Crippen LogP contribution in [0.3, 0.4) is 0 Å². The van der Waals surface area contributed by atoms with Crippen LogP contribution in [-0.2, 0) is 11.3 Å². The molecule has 0 saturated heterocycles. The number of benzene rings is 1. The zero-order chi connectivity index (χ0) is 15.3. The fourth-order valence-corrected chi connectivity index (χ4v) is 2.02. The first kappa shape index (κ1) is 16.9. The van der Waals surface area contributed by atoms with Gasteiger partial charge in [-0.05, 0) is 54.4 Å². The van der Waals surface area contributed by atoms with E-state index in [-0.39, 0.29) is 18.8 Å². The number of hydrogen-bond donors (Lipinski definition) is 3. The van der Waals surface area contributed by atoms with Crippen molar-refractivity contribution in [2.45, 2.75) is 32.9 Å². The molecule has 0 aliphatic rings. The highest BCUT2D eigenvalue weighted by Gasteiger charge is 2.15. The summed E-state index contributed by atoms with van der Waals surface area (Å²) < 4.78 is 5.56. The van der Waals surface area contributed by atoms with E-state index in [0.717, 1.165) is 5.56 Å². The zero-order valence-electron chi connectivity index (χ0n) is 12.0. The molecule has 0 unspecified atom stereocenters. The number of anilines is 1. The number of hydrogen-bond acceptors (Lipinski definition) is 5. The maximum atomic E-state index is 11.8. The third kappa shape index (κ3) is 5.11. The third-order valence-corrected chi connectivity index (χ3v) is 3.24. The molecule has 0 spiro atoms. The van der Waals surface area contributed by atoms with Crippen molar-refractivity contribution in [1.29, 1.82) is 0 Å². The van der Waals surface area contributed by atoms with Crippen molar-refractivity contribution >= 4 is 27.6 Å². The van der Waals surface area contributed by atoms with E-state index in [0.29, 0.717) is 22.3 Å². The number of carbonyl (C=O) groups excluding carboxylic acids is 1. The van der Waals surface area contributed by atoms with Crippen LogP contribution in [0.5, 0.6) is 0 Å². The summed E-state index contributed by atoms with van der Waals surface area (Å²) in [6.07, 6.45) is 0. The summed E-state index contributed by atoms with van der Waals surface area (Å²) in [6.45, 7) is 6.50. The molecule has 0 saturated carbocycles. The Balaban J connectivity index is 2.94. The molecule has 4 N–H and O–H groups in total. The Morgan fingerprint density at radius 2 is 2.10 bits per heavy atom. The molecule has 0 bridgehead atoms. The minimum atomic E-state index is -0.475. The van der Waals surface area contributed by atoms with Gasteiger partial charge < -0.3 is 20.9 Å². The minimum absolute atomic E-state index is 0.0175. The number of aliphatic hydroxyl groups is 1. The van der Waals surface area contributed by atoms with Gasteiger partial charge in [0.15, 0.2) is 0 Å². The van der Waals surface area contributed by atoms with Gasteiger partial charge in [0.2, 0.25) is 0 Å². The Morgan fingerprint density at radius 3 is 2.65 bits per heavy atom. The molecule has 0 atom stereocenters. The van der Waals surface area contributed by atoms with Crippen LogP contribution in [0, 0.1) is 0 Å². The van der Waals surface area contributed by atoms with Gasteiger partial charge in [0.25, 0.3) is 0 Å². The average Bonchev–Trinajstić information content (AvgIpc) is 2.36. The second-order valence-corrected chi connectivity index (χ2v) is 6.35. The van der Waals surface area contributed by atoms with E-state index in [1.54, 1.807) is 12.1 Å². The van der Waals surface area contributed by atoms with Crippen LogP contribution >= 0.6 is 15.9 Å². The van der Waals surface area contributed by atoms with Gasteiger partial charge in [0.05, 0.1) is 17.9 Å². The third-order valence-electron chi connectivity index (χ3n) is 2.58. The number of ether oxygens (including phenoxy) is 1. The maximum Gasteiger partial charge on any atom is 0.338 e. The molecule has 0 fully saturated rings. The van der Waals surface area contributed by atoms with E-state index in [1.165, 1.54) is 0 Å². The van der Waals surface area contributed by atoms with Crippen LogP contribution in [-0.4, -0.2) is 29.8 Å². The first-order chi connectivity index (χ1) is 9.24. The SMILES string of the molecule is CC(C)(C)NCc1cc(C(=O)OCCO)cc(Br)c1N. The van der Waals surface area contributed by atoms with Crippen molar-refractivity contribution in [3.8, 4) is 0 Å². The lowest BCUT2D eigenvalue weighted by molar-refractivity contribution is 0.0433. The number of nitrogen functional groups attached to an aromatic ring is 1. The van der Waals surface area contributed by atoms with Gasteiger partial charge >= 0.3 is 5.97 Å². The highest BCUT2D eigenvalue weighted by molar-refractivity contribution is 9.10. The van der Waals surface area contributed by atoms with Gasteiger partial charge in [-0.1, -0.05) is 0 Å². The Bertz CT molecular complexity index is 484. The average molecular weight is 345 g/mol. The first-order valence-corrected chi connectivity index (χ1v) is 7.15. The predicted octanol–water partition coefficient (Wildman–Crippen LogP) is 2.07. The van der Waals surface area contributed by atoms with E-state index >= 15 is 0 Å². The van der Waals surface area contributed by atoms with E-state index in [4.69, 9.17) is 15.6 Å². The van der Waals surface area contributed by atoms with Crippen LogP contribution in [0.1, 0.15) is 36.7 Å². The van der Waals surface area contributed by atoms with Crippen molar-refractivity contribution in [2.24, 2.45) is 0 Å². The summed E-state index contributed by atoms with van der Waals surface area (Å²) in [5.41, 5.74) is 7.78. The predicted molar refractivity (Wildman–Crippen MR) is 82.5 cm³/mol. The molecule has 0 aliphatic heterocycles. The van der Waals surface area contributed by atoms with Gasteiger partial charge in [0.1, 0.15) is 6.61 Å². The van der Waals surface area contributed by atoms with E-state index in [2.05, 4.69) is 42.0 Å². The normalized spacial score (nSPS) is 11.4. The number of nitrogens with one attached hydrogen (secondary N) is 1. The van der Waals surface area contributed by atoms with Crippen LogP contribution in [0.25, 0.3) is 0 Å². The molecule has 5 nitrogen and oxygen atoms in total. The largest absolute Gasteiger partial charge is 0.460 e. The Morgan fingerprint density at radius 1 is 1.45 bits per heavy atom. The molecule has 1 rings (SSSR count). The molecular formula is C14H21BrN2O3. The topological polar surface area (TPSA) is 84.6 Å². The number of rotatable bonds is 5. The molecule has 0 heterocycles. The fraction of sp³-hybridized carbons (Fsp3) is 0.500. The number of nitrogens with two attached hydrogens (primary N) is 1. The minimum Gasteiger partial charge on any atom is -0.460 e. The summed E-state index contributed by atoms with van der Waals surface area (Å²) in [7, 11) is 0. The van der Waals surface area contributed by atoms with E-state index in [9.17, 15) is 4.79 Å². The van der Waals surface area contributed by atoms with Crippen molar-refractivity contribution in [3.63, 3.8) is 0 Å². The second kappa shape index (κ2) is 7.06. The molecule has 6 heteroatoms. The van der Waals surface area contributed by atoms with Gasteiger partial charge in [-0.3, -0.25) is 0 Å². The van der Waals surface area contributed by atoms with Crippen molar-refractivity contribution in [1.82, 2.24) is 5.32 Å². The van der Waals surface area contributed by atoms with Gasteiger partial charge in [-0.15, -0.1) is 0 Å². The van der Waals surface area contributed by atoms with Crippen LogP contribution < -0.4 is 11.1 Å². The summed E-state index contributed by atoms with van der Waals surface area (Å²) in [5, 5.41) is 12.0. The first-order valence-electron chi connectivity index (χ1n) is 6.35. The quantitative estimate of drug-likeness (QED) is 0.562. The molecule has 0 aromatic heterocycles. The summed E-state index contributed by atoms with van der Waals surface area (Å²) >= 11 is 3.34. The molecule has 0 amide bonds. The highest BCUT2D eigenvalue weighted by atomic mass is 79.9. The number of aliphatic hydroxyl groups excluding tert-OH is 1. The van der Waals surface area contributed by atoms with E-state index < -0.39 is 5.97 Å². The standard InChI is InChI=1S/C14H21BrN2O3/c1-14(2,3)17-8-10-6-9(7-11(15)12(10)16)13(19)20-5-4-18/h6-7,17-18H,4-5,8,16H2,1-3H3. The number of halogens is 1. The molecule has 20 heavy (non-hydrogen) atoms. The van der Waals surface area contributed by atoms with Crippen molar-refractivity contribution in [3.05, 3.63) is 27.7 Å². The van der Waals surface area contributed by atoms with E-state index in [1.807, 2.05) is 0 Å². The number of esters is 1. The summed E-state index contributed by atoms with van der Waals surface area (Å²) in [4.78, 5) is 11.8. The van der Waals surface area contributed by atoms with Crippen LogP contribution in [0.2, 0.25) is 0 Å². The maximum absolute atomic E-state index is 11.8. The lowest BCUT2D eigenvalue weighted by atomic mass is 10.1. The van der Waals surface area contributed by atoms with Gasteiger partial charge in [-0.25, -0.2) is 4.79 Å². The summed E-state index contributed by atoms with van der Waals surface area (Å²) in [5.74, 6) is -0.475. The fourth-order valence-electron chi connectivity index (χ4n) is 1.52. The molecule has 0 radical (unpaired) electrons. The number of carbonyl (C=O) groups is 1. The molecule has 1 aromatic rings. The second-order valence-electron chi connectivity index (χ2n) is 5.49. The van der Waals surface area contributed by atoms with Crippen molar-refractivity contribution in [2.75, 3.05) is 18.9 Å². The molecule has 112 valence electrons. The molecule has 0 aliphatic carbocycles. The summed E-state index contributed by atoms with van der Waals surface area (Å²) in [6, 6.07) is 3.33. The molecule has 1 aromatic carbocycles.